The molecule has 2 heterocycles. The molecule has 0 bridgehead atoms. The number of carbonyl (C=O) groups excluding carboxylic acids is 2. The maximum Gasteiger partial charge on any atom is 0.289 e. The van der Waals surface area contributed by atoms with E-state index in [1.807, 2.05) is 43.3 Å². The summed E-state index contributed by atoms with van der Waals surface area (Å²) in [5.74, 6) is -0.282. The monoisotopic (exact) mass is 364 g/mol. The van der Waals surface area contributed by atoms with E-state index in [0.717, 1.165) is 18.4 Å². The molecule has 6 nitrogen and oxygen atoms in total. The van der Waals surface area contributed by atoms with Crippen LogP contribution in [0.15, 0.2) is 48.7 Å². The summed E-state index contributed by atoms with van der Waals surface area (Å²) < 4.78 is 1.68. The minimum Gasteiger partial charge on any atom is -0.339 e. The lowest BCUT2D eigenvalue weighted by Crippen LogP contribution is -2.29. The lowest BCUT2D eigenvalue weighted by atomic mass is 10.2. The van der Waals surface area contributed by atoms with Gasteiger partial charge < -0.3 is 10.2 Å². The number of anilines is 1. The number of aryl methyl sites for hydroxylation is 1. The Labute approximate surface area is 158 Å². The zero-order valence-electron chi connectivity index (χ0n) is 15.9. The van der Waals surface area contributed by atoms with Gasteiger partial charge in [-0.2, -0.15) is 0 Å². The normalized spacial score (nSPS) is 10.8. The third-order valence-electron chi connectivity index (χ3n) is 4.46. The second-order valence-electron chi connectivity index (χ2n) is 6.64. The fraction of sp³-hybridized carbons (Fsp3) is 0.286. The van der Waals surface area contributed by atoms with E-state index < -0.39 is 0 Å². The van der Waals surface area contributed by atoms with Crippen molar-refractivity contribution in [3.05, 3.63) is 65.7 Å². The number of amides is 2. The topological polar surface area (TPSA) is 66.7 Å². The summed E-state index contributed by atoms with van der Waals surface area (Å²) in [4.78, 5) is 31.6. The van der Waals surface area contributed by atoms with E-state index in [-0.39, 0.29) is 23.3 Å². The summed E-state index contributed by atoms with van der Waals surface area (Å²) >= 11 is 0. The van der Waals surface area contributed by atoms with Crippen LogP contribution in [0.2, 0.25) is 0 Å². The van der Waals surface area contributed by atoms with Crippen molar-refractivity contribution in [1.29, 1.82) is 0 Å². The van der Waals surface area contributed by atoms with Gasteiger partial charge in [0.1, 0.15) is 0 Å². The Morgan fingerprint density at radius 3 is 2.59 bits per heavy atom. The van der Waals surface area contributed by atoms with Crippen molar-refractivity contribution >= 4 is 23.0 Å². The van der Waals surface area contributed by atoms with Crippen LogP contribution in [0.1, 0.15) is 46.4 Å². The summed E-state index contributed by atoms with van der Waals surface area (Å²) in [5, 5.41) is 2.85. The molecule has 0 fully saturated rings. The van der Waals surface area contributed by atoms with Crippen molar-refractivity contribution < 1.29 is 9.59 Å². The molecule has 0 saturated heterocycles. The summed E-state index contributed by atoms with van der Waals surface area (Å²) in [7, 11) is 1.76. The lowest BCUT2D eigenvalue weighted by molar-refractivity contribution is 0.0780. The van der Waals surface area contributed by atoms with Gasteiger partial charge >= 0.3 is 0 Å². The number of imidazole rings is 1. The molecule has 1 N–H and O–H groups in total. The van der Waals surface area contributed by atoms with Gasteiger partial charge in [0.25, 0.3) is 11.8 Å². The highest BCUT2D eigenvalue weighted by Gasteiger charge is 2.23. The summed E-state index contributed by atoms with van der Waals surface area (Å²) in [6, 6.07) is 13.0. The molecule has 0 saturated carbocycles. The first-order valence-corrected chi connectivity index (χ1v) is 9.12. The first kappa shape index (κ1) is 18.6. The van der Waals surface area contributed by atoms with Crippen LogP contribution in [0.5, 0.6) is 0 Å². The molecular formula is C21H24N4O2. The molecule has 140 valence electrons. The zero-order valence-corrected chi connectivity index (χ0v) is 15.9. The molecule has 0 atom stereocenters. The fourth-order valence-corrected chi connectivity index (χ4v) is 2.85. The smallest absolute Gasteiger partial charge is 0.289 e. The van der Waals surface area contributed by atoms with Crippen molar-refractivity contribution in [3.8, 4) is 0 Å². The van der Waals surface area contributed by atoms with E-state index in [0.29, 0.717) is 17.7 Å². The number of unbranched alkanes of at least 4 members (excludes halogenated alkanes) is 1. The Morgan fingerprint density at radius 2 is 1.89 bits per heavy atom. The number of nitrogens with zero attached hydrogens (tertiary/aromatic N) is 3. The van der Waals surface area contributed by atoms with Crippen LogP contribution >= 0.6 is 0 Å². The van der Waals surface area contributed by atoms with E-state index in [1.54, 1.807) is 28.6 Å². The summed E-state index contributed by atoms with van der Waals surface area (Å²) in [6.07, 6.45) is 3.68. The molecule has 0 radical (unpaired) electrons. The van der Waals surface area contributed by atoms with Crippen molar-refractivity contribution in [2.24, 2.45) is 0 Å². The number of hydrogen-bond donors (Lipinski definition) is 1. The SMILES string of the molecule is CCCCN(C)C(=O)c1nc(C(=O)Nc2ccc(C)cc2)c2ccccn12. The summed E-state index contributed by atoms with van der Waals surface area (Å²) in [6.45, 7) is 4.72. The second-order valence-corrected chi connectivity index (χ2v) is 6.64. The first-order chi connectivity index (χ1) is 13.0. The number of pyridine rings is 1. The highest BCUT2D eigenvalue weighted by molar-refractivity contribution is 6.08. The standard InChI is InChI=1S/C21H24N4O2/c1-4-5-13-24(3)21(27)19-23-18(17-8-6-7-14-25(17)19)20(26)22-16-11-9-15(2)10-12-16/h6-12,14H,4-5,13H2,1-3H3,(H,22,26). The molecule has 0 spiro atoms. The third kappa shape index (κ3) is 4.00. The van der Waals surface area contributed by atoms with Crippen LogP contribution in [0, 0.1) is 6.92 Å². The maximum absolute atomic E-state index is 12.8. The molecule has 0 unspecified atom stereocenters. The van der Waals surface area contributed by atoms with Crippen molar-refractivity contribution in [2.45, 2.75) is 26.7 Å². The van der Waals surface area contributed by atoms with Crippen molar-refractivity contribution in [1.82, 2.24) is 14.3 Å². The molecule has 0 aliphatic rings. The number of rotatable bonds is 6. The van der Waals surface area contributed by atoms with Gasteiger partial charge in [-0.3, -0.25) is 14.0 Å². The molecule has 6 heteroatoms. The van der Waals surface area contributed by atoms with Gasteiger partial charge in [0.05, 0.1) is 5.52 Å². The number of benzene rings is 1. The van der Waals surface area contributed by atoms with E-state index in [4.69, 9.17) is 0 Å². The Hall–Kier alpha value is -3.15. The van der Waals surface area contributed by atoms with E-state index in [9.17, 15) is 9.59 Å². The maximum atomic E-state index is 12.8. The van der Waals surface area contributed by atoms with Gasteiger partial charge in [-0.1, -0.05) is 37.1 Å². The Balaban J connectivity index is 1.93. The molecule has 0 aliphatic carbocycles. The predicted molar refractivity (Wildman–Crippen MR) is 106 cm³/mol. The zero-order chi connectivity index (χ0) is 19.4. The molecule has 1 aromatic carbocycles. The summed E-state index contributed by atoms with van der Waals surface area (Å²) in [5.41, 5.74) is 2.65. The highest BCUT2D eigenvalue weighted by Crippen LogP contribution is 2.17. The Kier molecular flexibility index (Phi) is 5.54. The van der Waals surface area contributed by atoms with Crippen LogP contribution in [0.4, 0.5) is 5.69 Å². The van der Waals surface area contributed by atoms with Gasteiger partial charge in [-0.05, 0) is 37.6 Å². The number of carbonyl (C=O) groups is 2. The van der Waals surface area contributed by atoms with Gasteiger partial charge in [-0.25, -0.2) is 4.98 Å². The van der Waals surface area contributed by atoms with Gasteiger partial charge in [0.2, 0.25) is 5.82 Å². The average molecular weight is 364 g/mol. The molecule has 0 aliphatic heterocycles. The minimum atomic E-state index is -0.335. The average Bonchev–Trinajstić information content (AvgIpc) is 3.07. The van der Waals surface area contributed by atoms with E-state index >= 15 is 0 Å². The minimum absolute atomic E-state index is 0.195. The number of hydrogen-bond acceptors (Lipinski definition) is 3. The van der Waals surface area contributed by atoms with Gasteiger partial charge in [0.15, 0.2) is 5.69 Å². The molecule has 3 aromatic rings. The van der Waals surface area contributed by atoms with Gasteiger partial charge in [-0.15, -0.1) is 0 Å². The van der Waals surface area contributed by atoms with Crippen LogP contribution in [-0.4, -0.2) is 39.7 Å². The highest BCUT2D eigenvalue weighted by atomic mass is 16.2. The van der Waals surface area contributed by atoms with Crippen LogP contribution in [0.3, 0.4) is 0 Å². The van der Waals surface area contributed by atoms with Crippen molar-refractivity contribution in [2.75, 3.05) is 18.9 Å². The number of fused-ring (bicyclic) bond motifs is 1. The molecule has 2 aromatic heterocycles. The third-order valence-corrected chi connectivity index (χ3v) is 4.46. The molecule has 3 rings (SSSR count). The molecule has 2 amide bonds. The van der Waals surface area contributed by atoms with Gasteiger partial charge in [0, 0.05) is 25.5 Å². The number of aromatic nitrogens is 2. The van der Waals surface area contributed by atoms with E-state index in [2.05, 4.69) is 17.2 Å². The van der Waals surface area contributed by atoms with Crippen molar-refractivity contribution in [3.63, 3.8) is 0 Å². The predicted octanol–water partition coefficient (Wildman–Crippen LogP) is 3.77. The van der Waals surface area contributed by atoms with Crippen LogP contribution in [0.25, 0.3) is 5.52 Å². The number of nitrogens with one attached hydrogen (secondary N) is 1. The second kappa shape index (κ2) is 8.03. The van der Waals surface area contributed by atoms with Crippen LogP contribution < -0.4 is 5.32 Å². The van der Waals surface area contributed by atoms with E-state index in [1.165, 1.54) is 0 Å². The molecular weight excluding hydrogens is 340 g/mol. The fourth-order valence-electron chi connectivity index (χ4n) is 2.85. The Bertz CT molecular complexity index is 960. The molecule has 27 heavy (non-hydrogen) atoms. The first-order valence-electron chi connectivity index (χ1n) is 9.12. The van der Waals surface area contributed by atoms with Crippen LogP contribution in [-0.2, 0) is 0 Å². The quantitative estimate of drug-likeness (QED) is 0.724. The Morgan fingerprint density at radius 1 is 1.15 bits per heavy atom. The lowest BCUT2D eigenvalue weighted by Gasteiger charge is -2.15. The largest absolute Gasteiger partial charge is 0.339 e.